The van der Waals surface area contributed by atoms with Gasteiger partial charge in [-0.1, -0.05) is 24.3 Å². The van der Waals surface area contributed by atoms with E-state index in [1.54, 1.807) is 30.2 Å². The van der Waals surface area contributed by atoms with Gasteiger partial charge in [0.2, 0.25) is 0 Å². The van der Waals surface area contributed by atoms with Crippen LogP contribution < -0.4 is 14.8 Å². The average molecular weight is 434 g/mol. The molecule has 8 nitrogen and oxygen atoms in total. The number of ether oxygens (including phenoxy) is 2. The number of aromatic nitrogens is 1. The maximum atomic E-state index is 12.5. The van der Waals surface area contributed by atoms with E-state index >= 15 is 0 Å². The minimum Gasteiger partial charge on any atom is -0.493 e. The maximum Gasteiger partial charge on any atom is 0.313 e. The monoisotopic (exact) mass is 434 g/mol. The Morgan fingerprint density at radius 2 is 1.78 bits per heavy atom. The Bertz CT molecular complexity index is 1130. The minimum atomic E-state index is -0.665. The van der Waals surface area contributed by atoms with Gasteiger partial charge in [0.25, 0.3) is 0 Å². The smallest absolute Gasteiger partial charge is 0.313 e. The number of piperazine rings is 1. The molecule has 1 aromatic heterocycles. The molecule has 1 N–H and O–H groups in total. The van der Waals surface area contributed by atoms with Crippen molar-refractivity contribution in [2.75, 3.05) is 45.7 Å². The van der Waals surface area contributed by atoms with E-state index in [9.17, 15) is 9.59 Å². The molecule has 166 valence electrons. The second-order valence-electron chi connectivity index (χ2n) is 7.70. The number of para-hydroxylation sites is 1. The molecule has 0 spiro atoms. The van der Waals surface area contributed by atoms with Crippen LogP contribution in [0.25, 0.3) is 10.9 Å². The first-order valence-electron chi connectivity index (χ1n) is 10.5. The van der Waals surface area contributed by atoms with E-state index in [4.69, 9.17) is 9.47 Å². The molecule has 32 heavy (non-hydrogen) atoms. The van der Waals surface area contributed by atoms with Crippen molar-refractivity contribution in [1.29, 1.82) is 0 Å². The molecule has 0 aliphatic carbocycles. The lowest BCUT2D eigenvalue weighted by Crippen LogP contribution is -2.50. The first-order chi connectivity index (χ1) is 15.5. The summed E-state index contributed by atoms with van der Waals surface area (Å²) in [6.45, 7) is 2.82. The summed E-state index contributed by atoms with van der Waals surface area (Å²) in [5.41, 5.74) is 2.12. The number of fused-ring (bicyclic) bond motifs is 1. The molecule has 0 unspecified atom stereocenters. The van der Waals surface area contributed by atoms with Crippen LogP contribution in [0.3, 0.4) is 0 Å². The van der Waals surface area contributed by atoms with Crippen LogP contribution in [0.5, 0.6) is 11.5 Å². The lowest BCUT2D eigenvalue weighted by molar-refractivity contribution is -0.144. The molecular formula is C24H26N4O4. The Labute approximate surface area is 186 Å². The second-order valence-corrected chi connectivity index (χ2v) is 7.70. The number of rotatable bonds is 5. The molecule has 0 bridgehead atoms. The normalized spacial score (nSPS) is 14.2. The van der Waals surface area contributed by atoms with Crippen LogP contribution in [-0.4, -0.2) is 66.9 Å². The quantitative estimate of drug-likeness (QED) is 0.622. The molecule has 1 fully saturated rings. The standard InChI is InChI=1S/C24H26N4O4/c1-27-11-13-28(14-12-27)24(30)23(29)26-18-9-10-21(31-2)22(15-18)32-16-19-8-7-17-5-3-4-6-20(17)25-19/h3-10,15H,11-14,16H2,1-2H3,(H,26,29). The number of nitrogens with zero attached hydrogens (tertiary/aromatic N) is 3. The fourth-order valence-corrected chi connectivity index (χ4v) is 3.55. The van der Waals surface area contributed by atoms with Crippen molar-refractivity contribution in [2.24, 2.45) is 0 Å². The van der Waals surface area contributed by atoms with Gasteiger partial charge in [-0.15, -0.1) is 0 Å². The Morgan fingerprint density at radius 1 is 1.00 bits per heavy atom. The van der Waals surface area contributed by atoms with Gasteiger partial charge in [0.1, 0.15) is 6.61 Å². The van der Waals surface area contributed by atoms with Gasteiger partial charge in [-0.05, 0) is 31.3 Å². The number of nitrogens with one attached hydrogen (secondary N) is 1. The largest absolute Gasteiger partial charge is 0.493 e. The fourth-order valence-electron chi connectivity index (χ4n) is 3.55. The molecule has 1 aliphatic heterocycles. The fraction of sp³-hybridized carbons (Fsp3) is 0.292. The molecular weight excluding hydrogens is 408 g/mol. The Morgan fingerprint density at radius 3 is 2.56 bits per heavy atom. The molecule has 1 saturated heterocycles. The average Bonchev–Trinajstić information content (AvgIpc) is 2.82. The number of pyridine rings is 1. The van der Waals surface area contributed by atoms with Crippen LogP contribution >= 0.6 is 0 Å². The molecule has 3 aromatic rings. The van der Waals surface area contributed by atoms with E-state index in [1.807, 2.05) is 43.4 Å². The number of anilines is 1. The number of likely N-dealkylation sites (N-methyl/N-ethyl adjacent to an activating group) is 1. The molecule has 0 radical (unpaired) electrons. The number of amides is 2. The lowest BCUT2D eigenvalue weighted by atomic mass is 10.2. The van der Waals surface area contributed by atoms with Crippen LogP contribution in [0, 0.1) is 0 Å². The third-order valence-electron chi connectivity index (χ3n) is 5.44. The SMILES string of the molecule is COc1ccc(NC(=O)C(=O)N2CCN(C)CC2)cc1OCc1ccc2ccccc2n1. The zero-order chi connectivity index (χ0) is 22.5. The van der Waals surface area contributed by atoms with Gasteiger partial charge >= 0.3 is 11.8 Å². The molecule has 4 rings (SSSR count). The highest BCUT2D eigenvalue weighted by molar-refractivity contribution is 6.39. The Kier molecular flexibility index (Phi) is 6.51. The van der Waals surface area contributed by atoms with Gasteiger partial charge in [0.05, 0.1) is 18.3 Å². The van der Waals surface area contributed by atoms with Crippen molar-refractivity contribution in [3.8, 4) is 11.5 Å². The number of methoxy groups -OCH3 is 1. The van der Waals surface area contributed by atoms with Gasteiger partial charge in [0, 0.05) is 43.3 Å². The summed E-state index contributed by atoms with van der Waals surface area (Å²) in [6, 6.07) is 16.8. The van der Waals surface area contributed by atoms with E-state index in [2.05, 4.69) is 15.2 Å². The highest BCUT2D eigenvalue weighted by Crippen LogP contribution is 2.31. The highest BCUT2D eigenvalue weighted by Gasteiger charge is 2.25. The van der Waals surface area contributed by atoms with Gasteiger partial charge in [-0.25, -0.2) is 4.98 Å². The van der Waals surface area contributed by atoms with Crippen molar-refractivity contribution in [3.05, 3.63) is 60.3 Å². The lowest BCUT2D eigenvalue weighted by Gasteiger charge is -2.31. The van der Waals surface area contributed by atoms with E-state index < -0.39 is 11.8 Å². The van der Waals surface area contributed by atoms with Gasteiger partial charge in [0.15, 0.2) is 11.5 Å². The number of benzene rings is 2. The van der Waals surface area contributed by atoms with Crippen molar-refractivity contribution in [1.82, 2.24) is 14.8 Å². The zero-order valence-electron chi connectivity index (χ0n) is 18.2. The zero-order valence-corrected chi connectivity index (χ0v) is 18.2. The van der Waals surface area contributed by atoms with Crippen LogP contribution in [0.1, 0.15) is 5.69 Å². The first kappa shape index (κ1) is 21.6. The third-order valence-corrected chi connectivity index (χ3v) is 5.44. The van der Waals surface area contributed by atoms with Crippen LogP contribution in [0.4, 0.5) is 5.69 Å². The predicted octanol–water partition coefficient (Wildman–Crippen LogP) is 2.53. The molecule has 2 aromatic carbocycles. The van der Waals surface area contributed by atoms with Crippen LogP contribution in [0.15, 0.2) is 54.6 Å². The molecule has 8 heteroatoms. The van der Waals surface area contributed by atoms with Crippen molar-refractivity contribution in [2.45, 2.75) is 6.61 Å². The summed E-state index contributed by atoms with van der Waals surface area (Å²) in [5, 5.41) is 3.73. The van der Waals surface area contributed by atoms with Gasteiger partial charge in [-0.3, -0.25) is 9.59 Å². The number of hydrogen-bond donors (Lipinski definition) is 1. The van der Waals surface area contributed by atoms with E-state index in [-0.39, 0.29) is 6.61 Å². The highest BCUT2D eigenvalue weighted by atomic mass is 16.5. The molecule has 2 heterocycles. The van der Waals surface area contributed by atoms with E-state index in [0.29, 0.717) is 30.3 Å². The van der Waals surface area contributed by atoms with E-state index in [0.717, 1.165) is 29.7 Å². The van der Waals surface area contributed by atoms with Crippen molar-refractivity contribution < 1.29 is 19.1 Å². The Hall–Kier alpha value is -3.65. The topological polar surface area (TPSA) is 84.0 Å². The Balaban J connectivity index is 1.43. The molecule has 0 saturated carbocycles. The molecule has 2 amide bonds. The van der Waals surface area contributed by atoms with Crippen molar-refractivity contribution in [3.63, 3.8) is 0 Å². The summed E-state index contributed by atoms with van der Waals surface area (Å²) < 4.78 is 11.3. The summed E-state index contributed by atoms with van der Waals surface area (Å²) >= 11 is 0. The minimum absolute atomic E-state index is 0.235. The number of carbonyl (C=O) groups excluding carboxylic acids is 2. The predicted molar refractivity (Wildman–Crippen MR) is 122 cm³/mol. The third kappa shape index (κ3) is 4.97. The maximum absolute atomic E-state index is 12.5. The summed E-state index contributed by atoms with van der Waals surface area (Å²) in [7, 11) is 3.54. The van der Waals surface area contributed by atoms with Crippen LogP contribution in [0.2, 0.25) is 0 Å². The summed E-state index contributed by atoms with van der Waals surface area (Å²) in [4.78, 5) is 33.2. The van der Waals surface area contributed by atoms with Crippen molar-refractivity contribution >= 4 is 28.4 Å². The van der Waals surface area contributed by atoms with Gasteiger partial charge < -0.3 is 24.6 Å². The summed E-state index contributed by atoms with van der Waals surface area (Å²) in [6.07, 6.45) is 0. The molecule has 0 atom stereocenters. The second kappa shape index (κ2) is 9.65. The van der Waals surface area contributed by atoms with Gasteiger partial charge in [-0.2, -0.15) is 0 Å². The van der Waals surface area contributed by atoms with Crippen LogP contribution in [-0.2, 0) is 16.2 Å². The number of carbonyl (C=O) groups is 2. The molecule has 1 aliphatic rings. The number of hydrogen-bond acceptors (Lipinski definition) is 6. The van der Waals surface area contributed by atoms with E-state index in [1.165, 1.54) is 0 Å². The summed E-state index contributed by atoms with van der Waals surface area (Å²) in [5.74, 6) is -0.222. The first-order valence-corrected chi connectivity index (χ1v) is 10.5.